The summed E-state index contributed by atoms with van der Waals surface area (Å²) < 4.78 is 5.61. The fourth-order valence-electron chi connectivity index (χ4n) is 1.74. The van der Waals surface area contributed by atoms with Crippen LogP contribution in [0.25, 0.3) is 0 Å². The molecular weight excluding hydrogens is 250 g/mol. The van der Waals surface area contributed by atoms with Gasteiger partial charge in [0.15, 0.2) is 0 Å². The molecule has 100 valence electrons. The van der Waals surface area contributed by atoms with Gasteiger partial charge in [0.25, 0.3) is 0 Å². The van der Waals surface area contributed by atoms with Crippen LogP contribution in [-0.4, -0.2) is 31.8 Å². The summed E-state index contributed by atoms with van der Waals surface area (Å²) in [5.41, 5.74) is 6.55. The van der Waals surface area contributed by atoms with E-state index in [2.05, 4.69) is 4.98 Å². The van der Waals surface area contributed by atoms with Crippen molar-refractivity contribution in [1.82, 2.24) is 4.98 Å². The molecule has 1 saturated carbocycles. The molecule has 1 fully saturated rings. The zero-order chi connectivity index (χ0) is 13.0. The molecule has 0 radical (unpaired) electrons. The van der Waals surface area contributed by atoms with Gasteiger partial charge in [-0.3, -0.25) is 0 Å². The third-order valence-electron chi connectivity index (χ3n) is 3.15. The fraction of sp³-hybridized carbons (Fsp3) is 0.615. The number of hydrogen-bond donors (Lipinski definition) is 1. The number of ether oxygens (including phenoxy) is 1. The van der Waals surface area contributed by atoms with E-state index in [1.54, 1.807) is 6.20 Å². The molecule has 0 atom stereocenters. The summed E-state index contributed by atoms with van der Waals surface area (Å²) in [5.74, 6) is 1.58. The number of halogens is 1. The number of likely N-dealkylation sites (N-methyl/N-ethyl adjacent to an activating group) is 1. The number of nitrogens with zero attached hydrogens (tertiary/aromatic N) is 2. The molecule has 0 spiro atoms. The average molecular weight is 270 g/mol. The highest BCUT2D eigenvalue weighted by atomic mass is 35.5. The summed E-state index contributed by atoms with van der Waals surface area (Å²) in [6.07, 6.45) is 4.38. The second-order valence-corrected chi connectivity index (χ2v) is 5.13. The number of hydrogen-bond acceptors (Lipinski definition) is 4. The van der Waals surface area contributed by atoms with Gasteiger partial charge in [-0.1, -0.05) is 11.6 Å². The first-order valence-corrected chi connectivity index (χ1v) is 6.72. The van der Waals surface area contributed by atoms with Crippen LogP contribution in [0, 0.1) is 5.92 Å². The largest absolute Gasteiger partial charge is 0.379 e. The standard InChI is InChI=1S/C13H20ClN3O/c1-17(6-7-18-9-10-2-3-10)13-12(14)11(8-15)4-5-16-13/h4-5,10H,2-3,6-9,15H2,1H3. The minimum absolute atomic E-state index is 0.431. The second-order valence-electron chi connectivity index (χ2n) is 4.75. The van der Waals surface area contributed by atoms with E-state index in [1.807, 2.05) is 18.0 Å². The van der Waals surface area contributed by atoms with Crippen molar-refractivity contribution in [3.8, 4) is 0 Å². The van der Waals surface area contributed by atoms with Gasteiger partial charge in [-0.15, -0.1) is 0 Å². The quantitative estimate of drug-likeness (QED) is 0.770. The third-order valence-corrected chi connectivity index (χ3v) is 3.57. The lowest BCUT2D eigenvalue weighted by atomic mass is 10.2. The van der Waals surface area contributed by atoms with Crippen LogP contribution in [0.5, 0.6) is 0 Å². The van der Waals surface area contributed by atoms with E-state index < -0.39 is 0 Å². The fourth-order valence-corrected chi connectivity index (χ4v) is 2.07. The van der Waals surface area contributed by atoms with Crippen LogP contribution in [0.3, 0.4) is 0 Å². The topological polar surface area (TPSA) is 51.4 Å². The van der Waals surface area contributed by atoms with Crippen molar-refractivity contribution < 1.29 is 4.74 Å². The molecule has 5 heteroatoms. The highest BCUT2D eigenvalue weighted by Crippen LogP contribution is 2.29. The Morgan fingerprint density at radius 1 is 1.56 bits per heavy atom. The van der Waals surface area contributed by atoms with Crippen molar-refractivity contribution >= 4 is 17.4 Å². The molecule has 0 amide bonds. The number of aromatic nitrogens is 1. The molecule has 1 aliphatic rings. The summed E-state index contributed by atoms with van der Waals surface area (Å²) in [6, 6.07) is 1.85. The van der Waals surface area contributed by atoms with Crippen molar-refractivity contribution in [1.29, 1.82) is 0 Å². The molecule has 1 aromatic heterocycles. The predicted octanol–water partition coefficient (Wildman–Crippen LogP) is 2.06. The van der Waals surface area contributed by atoms with Gasteiger partial charge in [0.2, 0.25) is 0 Å². The Bertz CT molecular complexity index is 396. The Balaban J connectivity index is 1.84. The van der Waals surface area contributed by atoms with E-state index in [0.29, 0.717) is 18.2 Å². The molecule has 0 aliphatic heterocycles. The minimum Gasteiger partial charge on any atom is -0.379 e. The van der Waals surface area contributed by atoms with E-state index in [-0.39, 0.29) is 0 Å². The van der Waals surface area contributed by atoms with Gasteiger partial charge in [0, 0.05) is 32.9 Å². The Morgan fingerprint density at radius 3 is 3.00 bits per heavy atom. The van der Waals surface area contributed by atoms with Gasteiger partial charge >= 0.3 is 0 Å². The van der Waals surface area contributed by atoms with Crippen molar-refractivity contribution in [2.24, 2.45) is 11.7 Å². The monoisotopic (exact) mass is 269 g/mol. The number of anilines is 1. The minimum atomic E-state index is 0.431. The maximum absolute atomic E-state index is 6.25. The lowest BCUT2D eigenvalue weighted by Gasteiger charge is -2.20. The van der Waals surface area contributed by atoms with Crippen molar-refractivity contribution in [2.75, 3.05) is 31.7 Å². The van der Waals surface area contributed by atoms with Crippen molar-refractivity contribution in [2.45, 2.75) is 19.4 Å². The van der Waals surface area contributed by atoms with Gasteiger partial charge in [0.1, 0.15) is 5.82 Å². The maximum atomic E-state index is 6.25. The molecule has 2 N–H and O–H groups in total. The normalized spacial score (nSPS) is 14.8. The van der Waals surface area contributed by atoms with Gasteiger partial charge in [0.05, 0.1) is 11.6 Å². The van der Waals surface area contributed by atoms with Gasteiger partial charge < -0.3 is 15.4 Å². The Morgan fingerprint density at radius 2 is 2.33 bits per heavy atom. The third kappa shape index (κ3) is 3.57. The molecule has 1 heterocycles. The first-order valence-electron chi connectivity index (χ1n) is 6.34. The van der Waals surface area contributed by atoms with E-state index >= 15 is 0 Å². The molecule has 0 saturated heterocycles. The highest BCUT2D eigenvalue weighted by Gasteiger charge is 2.21. The molecular formula is C13H20ClN3O. The SMILES string of the molecule is CN(CCOCC1CC1)c1nccc(CN)c1Cl. The predicted molar refractivity (Wildman–Crippen MR) is 74.0 cm³/mol. The lowest BCUT2D eigenvalue weighted by molar-refractivity contribution is 0.131. The molecule has 18 heavy (non-hydrogen) atoms. The van der Waals surface area contributed by atoms with Crippen LogP contribution in [0.1, 0.15) is 18.4 Å². The lowest BCUT2D eigenvalue weighted by Crippen LogP contribution is -2.24. The van der Waals surface area contributed by atoms with Crippen molar-refractivity contribution in [3.05, 3.63) is 22.8 Å². The molecule has 0 aromatic carbocycles. The van der Waals surface area contributed by atoms with Gasteiger partial charge in [-0.2, -0.15) is 0 Å². The van der Waals surface area contributed by atoms with Crippen molar-refractivity contribution in [3.63, 3.8) is 0 Å². The van der Waals surface area contributed by atoms with Crippen LogP contribution < -0.4 is 10.6 Å². The summed E-state index contributed by atoms with van der Waals surface area (Å²) in [7, 11) is 1.97. The first kappa shape index (κ1) is 13.6. The summed E-state index contributed by atoms with van der Waals surface area (Å²) >= 11 is 6.25. The molecule has 2 rings (SSSR count). The molecule has 0 bridgehead atoms. The molecule has 1 aliphatic carbocycles. The van der Waals surface area contributed by atoms with E-state index in [1.165, 1.54) is 12.8 Å². The van der Waals surface area contributed by atoms with Crippen LogP contribution in [0.15, 0.2) is 12.3 Å². The summed E-state index contributed by atoms with van der Waals surface area (Å²) in [4.78, 5) is 6.30. The summed E-state index contributed by atoms with van der Waals surface area (Å²) in [5, 5.41) is 0.643. The number of nitrogens with two attached hydrogens (primary N) is 1. The first-order chi connectivity index (χ1) is 8.72. The van der Waals surface area contributed by atoms with Crippen LogP contribution in [0.2, 0.25) is 5.02 Å². The van der Waals surface area contributed by atoms with Gasteiger partial charge in [-0.05, 0) is 30.4 Å². The Hall–Kier alpha value is -0.840. The summed E-state index contributed by atoms with van der Waals surface area (Å²) in [6.45, 7) is 2.81. The molecule has 1 aromatic rings. The maximum Gasteiger partial charge on any atom is 0.147 e. The van der Waals surface area contributed by atoms with Gasteiger partial charge in [-0.25, -0.2) is 4.98 Å². The average Bonchev–Trinajstić information content (AvgIpc) is 3.18. The zero-order valence-electron chi connectivity index (χ0n) is 10.7. The van der Waals surface area contributed by atoms with Crippen LogP contribution in [0.4, 0.5) is 5.82 Å². The number of pyridine rings is 1. The second kappa shape index (κ2) is 6.36. The Labute approximate surface area is 113 Å². The smallest absolute Gasteiger partial charge is 0.147 e. The van der Waals surface area contributed by atoms with E-state index in [4.69, 9.17) is 22.1 Å². The zero-order valence-corrected chi connectivity index (χ0v) is 11.5. The molecule has 4 nitrogen and oxygen atoms in total. The van der Waals surface area contributed by atoms with E-state index in [9.17, 15) is 0 Å². The number of rotatable bonds is 7. The molecule has 0 unspecified atom stereocenters. The Kier molecular flexibility index (Phi) is 4.80. The van der Waals surface area contributed by atoms with Crippen LogP contribution >= 0.6 is 11.6 Å². The van der Waals surface area contributed by atoms with Crippen LogP contribution in [-0.2, 0) is 11.3 Å². The highest BCUT2D eigenvalue weighted by molar-refractivity contribution is 6.33. The van der Waals surface area contributed by atoms with E-state index in [0.717, 1.165) is 30.5 Å².